The number of rotatable bonds is 6. The molecular formula is C23H23N3O4S. The smallest absolute Gasteiger partial charge is 0.254 e. The van der Waals surface area contributed by atoms with Crippen molar-refractivity contribution in [3.63, 3.8) is 0 Å². The molecule has 8 heteroatoms. The van der Waals surface area contributed by atoms with Gasteiger partial charge in [0.2, 0.25) is 5.91 Å². The van der Waals surface area contributed by atoms with Crippen LogP contribution in [0.15, 0.2) is 54.2 Å². The highest BCUT2D eigenvalue weighted by Gasteiger charge is 2.44. The fraction of sp³-hybridized carbons (Fsp3) is 0.261. The molecule has 0 fully saturated rings. The van der Waals surface area contributed by atoms with E-state index in [-0.39, 0.29) is 11.8 Å². The van der Waals surface area contributed by atoms with E-state index in [0.29, 0.717) is 29.2 Å². The van der Waals surface area contributed by atoms with Crippen molar-refractivity contribution in [1.82, 2.24) is 15.2 Å². The van der Waals surface area contributed by atoms with E-state index in [9.17, 15) is 9.59 Å². The van der Waals surface area contributed by atoms with Crippen LogP contribution in [0.25, 0.3) is 0 Å². The van der Waals surface area contributed by atoms with Crippen molar-refractivity contribution in [2.24, 2.45) is 0 Å². The monoisotopic (exact) mass is 437 g/mol. The molecule has 160 valence electrons. The standard InChI is InChI=1S/C23H23N3O4S/c1-26-21(19-7-5-9-31-19)20(22(27)25-13-14-6-4-8-24-12-14)15-10-17(29-2)18(30-3)11-16(15)23(26)28/h4-12,20-21H,13H2,1-3H3,(H,25,27). The van der Waals surface area contributed by atoms with Crippen molar-refractivity contribution in [1.29, 1.82) is 0 Å². The van der Waals surface area contributed by atoms with Gasteiger partial charge >= 0.3 is 0 Å². The molecule has 2 amide bonds. The first-order valence-corrected chi connectivity index (χ1v) is 10.7. The van der Waals surface area contributed by atoms with Gasteiger partial charge in [-0.25, -0.2) is 0 Å². The first-order valence-electron chi connectivity index (χ1n) is 9.78. The Bertz CT molecular complexity index is 1090. The number of amides is 2. The average Bonchev–Trinajstić information content (AvgIpc) is 3.34. The lowest BCUT2D eigenvalue weighted by atomic mass is 9.81. The van der Waals surface area contributed by atoms with Gasteiger partial charge in [-0.2, -0.15) is 0 Å². The molecule has 1 aliphatic rings. The summed E-state index contributed by atoms with van der Waals surface area (Å²) < 4.78 is 10.8. The lowest BCUT2D eigenvalue weighted by Crippen LogP contribution is -2.45. The maximum Gasteiger partial charge on any atom is 0.254 e. The van der Waals surface area contributed by atoms with E-state index in [1.807, 2.05) is 29.6 Å². The largest absolute Gasteiger partial charge is 0.493 e. The summed E-state index contributed by atoms with van der Waals surface area (Å²) in [4.78, 5) is 33.4. The minimum atomic E-state index is -0.604. The molecule has 3 heterocycles. The molecular weight excluding hydrogens is 414 g/mol. The summed E-state index contributed by atoms with van der Waals surface area (Å²) in [6.45, 7) is 0.348. The molecule has 0 saturated heterocycles. The maximum absolute atomic E-state index is 13.5. The first kappa shape index (κ1) is 20.9. The van der Waals surface area contributed by atoms with E-state index in [1.165, 1.54) is 25.6 Å². The number of hydrogen-bond acceptors (Lipinski definition) is 6. The Morgan fingerprint density at radius 2 is 1.97 bits per heavy atom. The van der Waals surface area contributed by atoms with Gasteiger partial charge in [0, 0.05) is 36.4 Å². The van der Waals surface area contributed by atoms with Crippen LogP contribution in [0.5, 0.6) is 11.5 Å². The molecule has 4 rings (SSSR count). The van der Waals surface area contributed by atoms with Gasteiger partial charge in [0.15, 0.2) is 11.5 Å². The predicted molar refractivity (Wildman–Crippen MR) is 118 cm³/mol. The van der Waals surface area contributed by atoms with Crippen LogP contribution in [0.4, 0.5) is 0 Å². The summed E-state index contributed by atoms with van der Waals surface area (Å²) in [5.74, 6) is -0.00533. The molecule has 0 radical (unpaired) electrons. The molecule has 0 bridgehead atoms. The van der Waals surface area contributed by atoms with Crippen LogP contribution in [0.2, 0.25) is 0 Å². The molecule has 2 atom stereocenters. The van der Waals surface area contributed by atoms with Crippen LogP contribution in [0.3, 0.4) is 0 Å². The molecule has 0 spiro atoms. The zero-order valence-corrected chi connectivity index (χ0v) is 18.3. The van der Waals surface area contributed by atoms with Crippen molar-refractivity contribution in [3.8, 4) is 11.5 Å². The number of carbonyl (C=O) groups is 2. The second-order valence-electron chi connectivity index (χ2n) is 7.23. The van der Waals surface area contributed by atoms with Crippen molar-refractivity contribution in [3.05, 3.63) is 75.7 Å². The minimum absolute atomic E-state index is 0.161. The molecule has 3 aromatic rings. The van der Waals surface area contributed by atoms with Gasteiger partial charge in [0.1, 0.15) is 0 Å². The highest BCUT2D eigenvalue weighted by Crippen LogP contribution is 2.46. The quantitative estimate of drug-likeness (QED) is 0.639. The van der Waals surface area contributed by atoms with Gasteiger partial charge in [0.25, 0.3) is 5.91 Å². The number of aromatic nitrogens is 1. The highest BCUT2D eigenvalue weighted by molar-refractivity contribution is 7.10. The summed E-state index contributed by atoms with van der Waals surface area (Å²) in [5, 5.41) is 4.97. The van der Waals surface area contributed by atoms with E-state index in [4.69, 9.17) is 9.47 Å². The van der Waals surface area contributed by atoms with Gasteiger partial charge in [0.05, 0.1) is 26.2 Å². The molecule has 31 heavy (non-hydrogen) atoms. The van der Waals surface area contributed by atoms with Crippen molar-refractivity contribution >= 4 is 23.2 Å². The summed E-state index contributed by atoms with van der Waals surface area (Å²) in [7, 11) is 4.79. The molecule has 2 aromatic heterocycles. The summed E-state index contributed by atoms with van der Waals surface area (Å²) in [5.41, 5.74) is 1.97. The number of hydrogen-bond donors (Lipinski definition) is 1. The number of methoxy groups -OCH3 is 2. The third kappa shape index (κ3) is 3.86. The third-order valence-electron chi connectivity index (χ3n) is 5.48. The molecule has 2 unspecified atom stereocenters. The molecule has 7 nitrogen and oxygen atoms in total. The van der Waals surface area contributed by atoms with Crippen LogP contribution in [-0.4, -0.2) is 43.0 Å². The molecule has 0 aliphatic carbocycles. The van der Waals surface area contributed by atoms with E-state index in [2.05, 4.69) is 10.3 Å². The maximum atomic E-state index is 13.5. The van der Waals surface area contributed by atoms with Crippen molar-refractivity contribution in [2.45, 2.75) is 18.5 Å². The second kappa shape index (κ2) is 8.77. The third-order valence-corrected chi connectivity index (χ3v) is 6.42. The van der Waals surface area contributed by atoms with E-state index in [0.717, 1.165) is 10.4 Å². The minimum Gasteiger partial charge on any atom is -0.493 e. The van der Waals surface area contributed by atoms with Crippen molar-refractivity contribution in [2.75, 3.05) is 21.3 Å². The number of nitrogens with zero attached hydrogens (tertiary/aromatic N) is 2. The molecule has 1 aliphatic heterocycles. The highest BCUT2D eigenvalue weighted by atomic mass is 32.1. The number of benzene rings is 1. The normalized spacial score (nSPS) is 17.8. The Hall–Kier alpha value is -3.39. The number of fused-ring (bicyclic) bond motifs is 1. The zero-order chi connectivity index (χ0) is 22.0. The lowest BCUT2D eigenvalue weighted by molar-refractivity contribution is -0.124. The molecule has 1 aromatic carbocycles. The Morgan fingerprint density at radius 3 is 2.61 bits per heavy atom. The summed E-state index contributed by atoms with van der Waals surface area (Å²) in [6, 6.07) is 10.6. The fourth-order valence-corrected chi connectivity index (χ4v) is 4.85. The second-order valence-corrected chi connectivity index (χ2v) is 8.21. The van der Waals surface area contributed by atoms with Gasteiger partial charge in [-0.05, 0) is 40.8 Å². The average molecular weight is 438 g/mol. The Balaban J connectivity index is 1.79. The Morgan fingerprint density at radius 1 is 1.19 bits per heavy atom. The number of pyridine rings is 1. The van der Waals surface area contributed by atoms with Crippen molar-refractivity contribution < 1.29 is 19.1 Å². The van der Waals surface area contributed by atoms with Gasteiger partial charge in [-0.15, -0.1) is 11.3 Å². The number of likely N-dealkylation sites (N-methyl/N-ethyl adjacent to an activating group) is 1. The summed E-state index contributed by atoms with van der Waals surface area (Å²) in [6.07, 6.45) is 3.41. The van der Waals surface area contributed by atoms with Gasteiger partial charge in [-0.1, -0.05) is 12.1 Å². The SMILES string of the molecule is COc1cc2c(cc1OC)C(C(=O)NCc1cccnc1)C(c1cccs1)N(C)C2=O. The van der Waals surface area contributed by atoms with E-state index >= 15 is 0 Å². The summed E-state index contributed by atoms with van der Waals surface area (Å²) >= 11 is 1.52. The lowest BCUT2D eigenvalue weighted by Gasteiger charge is -2.39. The number of carbonyl (C=O) groups excluding carboxylic acids is 2. The van der Waals surface area contributed by atoms with E-state index in [1.54, 1.807) is 36.5 Å². The molecule has 1 N–H and O–H groups in total. The zero-order valence-electron chi connectivity index (χ0n) is 17.5. The number of nitrogens with one attached hydrogen (secondary N) is 1. The number of ether oxygens (including phenoxy) is 2. The van der Waals surface area contributed by atoms with Crippen LogP contribution in [0.1, 0.15) is 38.3 Å². The molecule has 0 saturated carbocycles. The first-order chi connectivity index (χ1) is 15.0. The fourth-order valence-electron chi connectivity index (χ4n) is 3.95. The van der Waals surface area contributed by atoms with Crippen LogP contribution < -0.4 is 14.8 Å². The van der Waals surface area contributed by atoms with Gasteiger partial charge < -0.3 is 19.7 Å². The predicted octanol–water partition coefficient (Wildman–Crippen LogP) is 3.39. The van der Waals surface area contributed by atoms with Crippen LogP contribution in [-0.2, 0) is 11.3 Å². The van der Waals surface area contributed by atoms with Gasteiger partial charge in [-0.3, -0.25) is 14.6 Å². The Kier molecular flexibility index (Phi) is 5.90. The van der Waals surface area contributed by atoms with Crippen LogP contribution >= 0.6 is 11.3 Å². The number of thiophene rings is 1. The Labute approximate surface area is 184 Å². The van der Waals surface area contributed by atoms with Crippen LogP contribution in [0, 0.1) is 0 Å². The topological polar surface area (TPSA) is 80.8 Å². The van der Waals surface area contributed by atoms with E-state index < -0.39 is 12.0 Å².